The van der Waals surface area contributed by atoms with Crippen molar-refractivity contribution in [1.29, 1.82) is 0 Å². The largest absolute Gasteiger partial charge is 0.0810 e. The Labute approximate surface area is 49.1 Å². The molecule has 0 fully saturated rings. The van der Waals surface area contributed by atoms with Gasteiger partial charge in [-0.1, -0.05) is 6.08 Å². The van der Waals surface area contributed by atoms with Crippen molar-refractivity contribution in [2.24, 2.45) is 0 Å². The second-order valence-corrected chi connectivity index (χ2v) is 1.30. The van der Waals surface area contributed by atoms with E-state index >= 15 is 0 Å². The van der Waals surface area contributed by atoms with Crippen LogP contribution in [0.5, 0.6) is 0 Å². The van der Waals surface area contributed by atoms with Crippen LogP contribution in [0.15, 0.2) is 6.08 Å². The molecule has 6 heavy (non-hydrogen) atoms. The summed E-state index contributed by atoms with van der Waals surface area (Å²) < 4.78 is 0. The molecular formula is C5H7Fe. The third-order valence-corrected chi connectivity index (χ3v) is 0.814. The summed E-state index contributed by atoms with van der Waals surface area (Å²) in [6, 6.07) is 0. The Morgan fingerprint density at radius 2 is 2.33 bits per heavy atom. The normalized spacial score (nSPS) is 17.3. The molecule has 35 valence electrons. The van der Waals surface area contributed by atoms with E-state index in [1.54, 1.807) is 0 Å². The summed E-state index contributed by atoms with van der Waals surface area (Å²) in [6.45, 7) is 0. The van der Waals surface area contributed by atoms with E-state index in [-0.39, 0.29) is 17.1 Å². The molecular weight excluding hydrogens is 116 g/mol. The van der Waals surface area contributed by atoms with Gasteiger partial charge < -0.3 is 0 Å². The van der Waals surface area contributed by atoms with Gasteiger partial charge in [-0.15, -0.1) is 0 Å². The molecule has 0 unspecified atom stereocenters. The standard InChI is InChI=1S/C5H7.Fe/c1-2-4-5-3-1;/h1H,2,4-5H2;. The molecule has 0 saturated carbocycles. The average Bonchev–Trinajstić information content (AvgIpc) is 1.76. The van der Waals surface area contributed by atoms with E-state index in [9.17, 15) is 0 Å². The molecule has 0 saturated heterocycles. The van der Waals surface area contributed by atoms with Crippen LogP contribution < -0.4 is 0 Å². The van der Waals surface area contributed by atoms with Gasteiger partial charge in [-0.3, -0.25) is 0 Å². The molecule has 0 amide bonds. The van der Waals surface area contributed by atoms with Gasteiger partial charge in [-0.25, -0.2) is 0 Å². The molecule has 0 spiro atoms. The smallest absolute Gasteiger partial charge is 0 e. The topological polar surface area (TPSA) is 0 Å². The molecule has 0 N–H and O–H groups in total. The first-order valence-electron chi connectivity index (χ1n) is 2.05. The zero-order valence-electron chi connectivity index (χ0n) is 3.55. The quantitative estimate of drug-likeness (QED) is 0.428. The van der Waals surface area contributed by atoms with Crippen LogP contribution in [0.3, 0.4) is 0 Å². The molecule has 0 atom stereocenters. The summed E-state index contributed by atoms with van der Waals surface area (Å²) in [7, 11) is 0. The molecule has 1 rings (SSSR count). The van der Waals surface area contributed by atoms with Crippen molar-refractivity contribution in [3.05, 3.63) is 12.2 Å². The van der Waals surface area contributed by atoms with Gasteiger partial charge in [0.1, 0.15) is 0 Å². The maximum atomic E-state index is 3.10. The van der Waals surface area contributed by atoms with Crippen molar-refractivity contribution >= 4 is 0 Å². The summed E-state index contributed by atoms with van der Waals surface area (Å²) in [6.07, 6.45) is 9.00. The molecule has 0 aliphatic heterocycles. The fourth-order valence-electron chi connectivity index (χ4n) is 0.510. The maximum Gasteiger partial charge on any atom is 0 e. The Kier molecular flexibility index (Phi) is 3.60. The molecule has 0 aromatic heterocycles. The first-order chi connectivity index (χ1) is 2.50. The van der Waals surface area contributed by atoms with Crippen LogP contribution in [0, 0.1) is 6.08 Å². The monoisotopic (exact) mass is 123 g/mol. The summed E-state index contributed by atoms with van der Waals surface area (Å²) in [5.41, 5.74) is 0. The van der Waals surface area contributed by atoms with E-state index in [2.05, 4.69) is 12.2 Å². The zero-order chi connectivity index (χ0) is 3.54. The summed E-state index contributed by atoms with van der Waals surface area (Å²) in [4.78, 5) is 0. The Bertz CT molecular complexity index is 41.9. The predicted molar refractivity (Wildman–Crippen MR) is 21.7 cm³/mol. The van der Waals surface area contributed by atoms with Crippen LogP contribution in [0.2, 0.25) is 0 Å². The minimum atomic E-state index is 0. The summed E-state index contributed by atoms with van der Waals surface area (Å²) >= 11 is 0. The Hall–Kier alpha value is 0.259. The fourth-order valence-corrected chi connectivity index (χ4v) is 0.510. The molecule has 1 aliphatic rings. The van der Waals surface area contributed by atoms with Crippen molar-refractivity contribution in [3.8, 4) is 0 Å². The van der Waals surface area contributed by atoms with Gasteiger partial charge in [0.05, 0.1) is 0 Å². The van der Waals surface area contributed by atoms with Gasteiger partial charge >= 0.3 is 0 Å². The van der Waals surface area contributed by atoms with Crippen LogP contribution in [0.4, 0.5) is 0 Å². The van der Waals surface area contributed by atoms with Gasteiger partial charge in [-0.05, 0) is 25.3 Å². The molecule has 0 nitrogen and oxygen atoms in total. The van der Waals surface area contributed by atoms with Gasteiger partial charge in [0.15, 0.2) is 0 Å². The van der Waals surface area contributed by atoms with Gasteiger partial charge in [0, 0.05) is 17.1 Å². The SMILES string of the molecule is [C]1=CCCC1.[Fe]. The minimum Gasteiger partial charge on any atom is -0.0810 e. The van der Waals surface area contributed by atoms with E-state index in [4.69, 9.17) is 0 Å². The summed E-state index contributed by atoms with van der Waals surface area (Å²) in [5.74, 6) is 0. The summed E-state index contributed by atoms with van der Waals surface area (Å²) in [5, 5.41) is 0. The van der Waals surface area contributed by atoms with Crippen molar-refractivity contribution in [2.45, 2.75) is 19.3 Å². The Morgan fingerprint density at radius 3 is 2.50 bits per heavy atom. The van der Waals surface area contributed by atoms with Crippen molar-refractivity contribution in [3.63, 3.8) is 0 Å². The molecule has 1 aliphatic carbocycles. The first kappa shape index (κ1) is 6.26. The van der Waals surface area contributed by atoms with Crippen LogP contribution in [-0.4, -0.2) is 0 Å². The number of hydrogen-bond donors (Lipinski definition) is 0. The second kappa shape index (κ2) is 3.45. The van der Waals surface area contributed by atoms with E-state index < -0.39 is 0 Å². The molecule has 1 radical (unpaired) electrons. The molecule has 0 bridgehead atoms. The van der Waals surface area contributed by atoms with Crippen LogP contribution >= 0.6 is 0 Å². The van der Waals surface area contributed by atoms with Crippen molar-refractivity contribution in [1.82, 2.24) is 0 Å². The average molecular weight is 123 g/mol. The van der Waals surface area contributed by atoms with E-state index in [1.807, 2.05) is 0 Å². The van der Waals surface area contributed by atoms with Gasteiger partial charge in [0.25, 0.3) is 0 Å². The molecule has 0 aromatic rings. The van der Waals surface area contributed by atoms with E-state index in [0.717, 1.165) is 0 Å². The first-order valence-corrected chi connectivity index (χ1v) is 2.05. The number of rotatable bonds is 0. The van der Waals surface area contributed by atoms with Crippen LogP contribution in [0.1, 0.15) is 19.3 Å². The Morgan fingerprint density at radius 1 is 1.50 bits per heavy atom. The second-order valence-electron chi connectivity index (χ2n) is 1.30. The van der Waals surface area contributed by atoms with Gasteiger partial charge in [0.2, 0.25) is 0 Å². The zero-order valence-corrected chi connectivity index (χ0v) is 4.66. The fraction of sp³-hybridized carbons (Fsp3) is 0.600. The van der Waals surface area contributed by atoms with Gasteiger partial charge in [-0.2, -0.15) is 0 Å². The maximum absolute atomic E-state index is 3.10. The minimum absolute atomic E-state index is 0. The third-order valence-electron chi connectivity index (χ3n) is 0.814. The predicted octanol–water partition coefficient (Wildman–Crippen LogP) is 1.53. The van der Waals surface area contributed by atoms with Crippen LogP contribution in [0.25, 0.3) is 0 Å². The van der Waals surface area contributed by atoms with E-state index in [1.165, 1.54) is 19.3 Å². The van der Waals surface area contributed by atoms with Crippen molar-refractivity contribution < 1.29 is 17.1 Å². The molecule has 1 heteroatoms. The van der Waals surface area contributed by atoms with Crippen LogP contribution in [-0.2, 0) is 17.1 Å². The van der Waals surface area contributed by atoms with Crippen molar-refractivity contribution in [2.75, 3.05) is 0 Å². The molecule has 0 heterocycles. The Balaban J connectivity index is 0.000000250. The molecule has 0 aromatic carbocycles. The van der Waals surface area contributed by atoms with E-state index in [0.29, 0.717) is 0 Å². The number of hydrogen-bond acceptors (Lipinski definition) is 0. The third kappa shape index (κ3) is 1.64. The number of allylic oxidation sites excluding steroid dienone is 2.